The molecule has 2 aromatic rings. The SMILES string of the molecule is CC(NCc1cccnn1)c1cc(Cl)ccc1Cl. The molecular weight excluding hydrogens is 269 g/mol. The molecule has 0 saturated carbocycles. The van der Waals surface area contributed by atoms with Gasteiger partial charge in [-0.05, 0) is 42.8 Å². The number of rotatable bonds is 4. The molecular formula is C13H13Cl2N3. The fourth-order valence-electron chi connectivity index (χ4n) is 1.64. The van der Waals surface area contributed by atoms with E-state index in [4.69, 9.17) is 23.2 Å². The van der Waals surface area contributed by atoms with Crippen molar-refractivity contribution in [3.05, 3.63) is 57.8 Å². The van der Waals surface area contributed by atoms with Crippen LogP contribution in [0.2, 0.25) is 10.0 Å². The largest absolute Gasteiger partial charge is 0.304 e. The van der Waals surface area contributed by atoms with Crippen LogP contribution >= 0.6 is 23.2 Å². The van der Waals surface area contributed by atoms with Gasteiger partial charge in [-0.3, -0.25) is 0 Å². The lowest BCUT2D eigenvalue weighted by molar-refractivity contribution is 0.564. The second-order valence-corrected chi connectivity index (χ2v) is 4.83. The van der Waals surface area contributed by atoms with Crippen molar-refractivity contribution in [2.45, 2.75) is 19.5 Å². The van der Waals surface area contributed by atoms with Gasteiger partial charge in [-0.25, -0.2) is 0 Å². The predicted molar refractivity (Wildman–Crippen MR) is 73.7 cm³/mol. The highest BCUT2D eigenvalue weighted by Crippen LogP contribution is 2.26. The quantitative estimate of drug-likeness (QED) is 0.930. The molecule has 0 spiro atoms. The Morgan fingerprint density at radius 3 is 2.83 bits per heavy atom. The summed E-state index contributed by atoms with van der Waals surface area (Å²) in [5, 5.41) is 12.6. The highest BCUT2D eigenvalue weighted by molar-refractivity contribution is 6.33. The smallest absolute Gasteiger partial charge is 0.0769 e. The van der Waals surface area contributed by atoms with Crippen molar-refractivity contribution in [3.8, 4) is 0 Å². The summed E-state index contributed by atoms with van der Waals surface area (Å²) in [6, 6.07) is 9.34. The van der Waals surface area contributed by atoms with Gasteiger partial charge in [0, 0.05) is 28.8 Å². The maximum Gasteiger partial charge on any atom is 0.0769 e. The van der Waals surface area contributed by atoms with Crippen LogP contribution in [0, 0.1) is 0 Å². The van der Waals surface area contributed by atoms with Crippen LogP contribution < -0.4 is 5.32 Å². The van der Waals surface area contributed by atoms with Crippen molar-refractivity contribution in [1.29, 1.82) is 0 Å². The van der Waals surface area contributed by atoms with Crippen LogP contribution in [0.25, 0.3) is 0 Å². The maximum absolute atomic E-state index is 6.15. The Morgan fingerprint density at radius 2 is 2.11 bits per heavy atom. The fraction of sp³-hybridized carbons (Fsp3) is 0.231. The molecule has 0 aliphatic heterocycles. The molecule has 18 heavy (non-hydrogen) atoms. The van der Waals surface area contributed by atoms with Crippen LogP contribution in [-0.2, 0) is 6.54 Å². The summed E-state index contributed by atoms with van der Waals surface area (Å²) in [5.41, 5.74) is 1.87. The molecule has 0 saturated heterocycles. The Morgan fingerprint density at radius 1 is 1.28 bits per heavy atom. The second-order valence-electron chi connectivity index (χ2n) is 3.98. The molecule has 2 rings (SSSR count). The van der Waals surface area contributed by atoms with Crippen LogP contribution in [0.1, 0.15) is 24.2 Å². The topological polar surface area (TPSA) is 37.8 Å². The van der Waals surface area contributed by atoms with Gasteiger partial charge in [-0.1, -0.05) is 23.2 Å². The lowest BCUT2D eigenvalue weighted by Crippen LogP contribution is -2.19. The average molecular weight is 282 g/mol. The molecule has 1 heterocycles. The Balaban J connectivity index is 2.03. The van der Waals surface area contributed by atoms with E-state index in [1.807, 2.05) is 25.1 Å². The lowest BCUT2D eigenvalue weighted by Gasteiger charge is -2.15. The van der Waals surface area contributed by atoms with Crippen molar-refractivity contribution >= 4 is 23.2 Å². The molecule has 0 bridgehead atoms. The van der Waals surface area contributed by atoms with Gasteiger partial charge in [0.25, 0.3) is 0 Å². The first kappa shape index (κ1) is 13.3. The first-order valence-electron chi connectivity index (χ1n) is 5.61. The van der Waals surface area contributed by atoms with Gasteiger partial charge in [0.15, 0.2) is 0 Å². The lowest BCUT2D eigenvalue weighted by atomic mass is 10.1. The molecule has 3 nitrogen and oxygen atoms in total. The number of benzene rings is 1. The molecule has 1 atom stereocenters. The minimum Gasteiger partial charge on any atom is -0.304 e. The van der Waals surface area contributed by atoms with Crippen LogP contribution in [-0.4, -0.2) is 10.2 Å². The standard InChI is InChI=1S/C13H13Cl2N3/c1-9(12-7-10(14)4-5-13(12)15)16-8-11-3-2-6-17-18-11/h2-7,9,16H,8H2,1H3. The van der Waals surface area contributed by atoms with Crippen molar-refractivity contribution in [2.24, 2.45) is 0 Å². The molecule has 94 valence electrons. The molecule has 1 aromatic carbocycles. The minimum atomic E-state index is 0.0956. The van der Waals surface area contributed by atoms with E-state index in [0.717, 1.165) is 11.3 Å². The van der Waals surface area contributed by atoms with Crippen molar-refractivity contribution < 1.29 is 0 Å². The van der Waals surface area contributed by atoms with Gasteiger partial charge < -0.3 is 5.32 Å². The van der Waals surface area contributed by atoms with Crippen LogP contribution in [0.15, 0.2) is 36.5 Å². The first-order chi connectivity index (χ1) is 8.66. The van der Waals surface area contributed by atoms with Crippen LogP contribution in [0.3, 0.4) is 0 Å². The van der Waals surface area contributed by atoms with Gasteiger partial charge in [-0.2, -0.15) is 10.2 Å². The van der Waals surface area contributed by atoms with E-state index in [9.17, 15) is 0 Å². The van der Waals surface area contributed by atoms with Crippen molar-refractivity contribution in [1.82, 2.24) is 15.5 Å². The Kier molecular flexibility index (Phi) is 4.53. The predicted octanol–water partition coefficient (Wildman–Crippen LogP) is 3.63. The van der Waals surface area contributed by atoms with E-state index in [1.54, 1.807) is 18.3 Å². The van der Waals surface area contributed by atoms with Crippen molar-refractivity contribution in [2.75, 3.05) is 0 Å². The molecule has 0 radical (unpaired) electrons. The summed E-state index contributed by atoms with van der Waals surface area (Å²) in [6.07, 6.45) is 1.65. The number of hydrogen-bond acceptors (Lipinski definition) is 3. The van der Waals surface area contributed by atoms with Crippen LogP contribution in [0.5, 0.6) is 0 Å². The molecule has 1 aromatic heterocycles. The van der Waals surface area contributed by atoms with E-state index in [0.29, 0.717) is 16.6 Å². The van der Waals surface area contributed by atoms with Crippen LogP contribution in [0.4, 0.5) is 0 Å². The molecule has 0 aliphatic rings. The summed E-state index contributed by atoms with van der Waals surface area (Å²) in [4.78, 5) is 0. The molecule has 0 fully saturated rings. The van der Waals surface area contributed by atoms with E-state index in [1.165, 1.54) is 0 Å². The number of halogens is 2. The fourth-order valence-corrected chi connectivity index (χ4v) is 2.10. The first-order valence-corrected chi connectivity index (χ1v) is 6.37. The average Bonchev–Trinajstić information content (AvgIpc) is 2.40. The molecule has 1 N–H and O–H groups in total. The molecule has 0 aliphatic carbocycles. The Bertz CT molecular complexity index is 517. The zero-order valence-corrected chi connectivity index (χ0v) is 11.4. The van der Waals surface area contributed by atoms with Gasteiger partial charge >= 0.3 is 0 Å². The number of nitrogens with one attached hydrogen (secondary N) is 1. The zero-order valence-electron chi connectivity index (χ0n) is 9.90. The highest BCUT2D eigenvalue weighted by atomic mass is 35.5. The number of aromatic nitrogens is 2. The van der Waals surface area contributed by atoms with E-state index in [2.05, 4.69) is 15.5 Å². The minimum absolute atomic E-state index is 0.0956. The van der Waals surface area contributed by atoms with Gasteiger partial charge in [0.1, 0.15) is 0 Å². The Hall–Kier alpha value is -1.16. The third-order valence-electron chi connectivity index (χ3n) is 2.64. The summed E-state index contributed by atoms with van der Waals surface area (Å²) >= 11 is 12.1. The number of nitrogens with zero attached hydrogens (tertiary/aromatic N) is 2. The summed E-state index contributed by atoms with van der Waals surface area (Å²) in [7, 11) is 0. The van der Waals surface area contributed by atoms with E-state index >= 15 is 0 Å². The third kappa shape index (κ3) is 3.42. The monoisotopic (exact) mass is 281 g/mol. The second kappa shape index (κ2) is 6.14. The Labute approximate surface area is 116 Å². The highest BCUT2D eigenvalue weighted by Gasteiger charge is 2.10. The normalized spacial score (nSPS) is 12.4. The maximum atomic E-state index is 6.15. The third-order valence-corrected chi connectivity index (χ3v) is 3.22. The summed E-state index contributed by atoms with van der Waals surface area (Å²) < 4.78 is 0. The van der Waals surface area contributed by atoms with Crippen molar-refractivity contribution in [3.63, 3.8) is 0 Å². The van der Waals surface area contributed by atoms with E-state index in [-0.39, 0.29) is 6.04 Å². The molecule has 1 unspecified atom stereocenters. The van der Waals surface area contributed by atoms with Gasteiger partial charge in [0.2, 0.25) is 0 Å². The van der Waals surface area contributed by atoms with Gasteiger partial charge in [0.05, 0.1) is 5.69 Å². The molecule has 0 amide bonds. The molecule has 5 heteroatoms. The van der Waals surface area contributed by atoms with Gasteiger partial charge in [-0.15, -0.1) is 0 Å². The zero-order chi connectivity index (χ0) is 13.0. The number of hydrogen-bond donors (Lipinski definition) is 1. The summed E-state index contributed by atoms with van der Waals surface area (Å²) in [6.45, 7) is 2.67. The summed E-state index contributed by atoms with van der Waals surface area (Å²) in [5.74, 6) is 0. The van der Waals surface area contributed by atoms with E-state index < -0.39 is 0 Å².